The number of thioether (sulfide) groups is 1. The van der Waals surface area contributed by atoms with Crippen molar-refractivity contribution in [3.8, 4) is 5.69 Å². The first-order valence-corrected chi connectivity index (χ1v) is 10.6. The molecular formula is C20H28N4O4S. The summed E-state index contributed by atoms with van der Waals surface area (Å²) in [5.41, 5.74) is 2.07. The molecule has 0 fully saturated rings. The smallest absolute Gasteiger partial charge is 0.407 e. The second-order valence-corrected chi connectivity index (χ2v) is 7.69. The van der Waals surface area contributed by atoms with Gasteiger partial charge in [-0.25, -0.2) is 14.6 Å². The van der Waals surface area contributed by atoms with E-state index in [2.05, 4.69) is 15.6 Å². The van der Waals surface area contributed by atoms with Crippen molar-refractivity contribution in [1.82, 2.24) is 20.2 Å². The number of hydrogen-bond acceptors (Lipinski definition) is 6. The fraction of sp³-hybridized carbons (Fsp3) is 0.450. The number of nitrogens with one attached hydrogen (secondary N) is 2. The molecular weight excluding hydrogens is 392 g/mol. The summed E-state index contributed by atoms with van der Waals surface area (Å²) in [6.45, 7) is 7.37. The molecule has 0 atom stereocenters. The van der Waals surface area contributed by atoms with E-state index in [-0.39, 0.29) is 25.3 Å². The second kappa shape index (κ2) is 10.8. The number of aromatic nitrogens is 2. The number of benzene rings is 1. The number of carbonyl (C=O) groups is 2. The normalized spacial score (nSPS) is 10.9. The first-order chi connectivity index (χ1) is 13.8. The number of carbonyl (C=O) groups excluding carboxylic acids is 2. The van der Waals surface area contributed by atoms with Crippen LogP contribution in [0.3, 0.4) is 0 Å². The van der Waals surface area contributed by atoms with E-state index in [4.69, 9.17) is 9.47 Å². The van der Waals surface area contributed by atoms with Crippen LogP contribution in [0.15, 0.2) is 35.5 Å². The predicted octanol–water partition coefficient (Wildman–Crippen LogP) is 3.86. The summed E-state index contributed by atoms with van der Waals surface area (Å²) in [5, 5.41) is 6.08. The molecule has 0 aliphatic carbocycles. The molecule has 0 spiro atoms. The Morgan fingerprint density at radius 3 is 2.07 bits per heavy atom. The van der Waals surface area contributed by atoms with Crippen LogP contribution in [0.4, 0.5) is 9.59 Å². The Hall–Kier alpha value is -2.68. The highest BCUT2D eigenvalue weighted by molar-refractivity contribution is 7.98. The Kier molecular flexibility index (Phi) is 8.38. The number of rotatable bonds is 8. The highest BCUT2D eigenvalue weighted by Gasteiger charge is 2.21. The van der Waals surface area contributed by atoms with Crippen molar-refractivity contribution in [2.24, 2.45) is 0 Å². The van der Waals surface area contributed by atoms with Crippen molar-refractivity contribution in [1.29, 1.82) is 0 Å². The van der Waals surface area contributed by atoms with Gasteiger partial charge in [0, 0.05) is 17.8 Å². The lowest BCUT2D eigenvalue weighted by Gasteiger charge is -2.14. The largest absolute Gasteiger partial charge is 0.443 e. The van der Waals surface area contributed by atoms with Gasteiger partial charge in [-0.3, -0.25) is 4.57 Å². The van der Waals surface area contributed by atoms with Crippen molar-refractivity contribution in [3.63, 3.8) is 0 Å². The number of para-hydroxylation sites is 1. The van der Waals surface area contributed by atoms with Gasteiger partial charge in [0.25, 0.3) is 0 Å². The van der Waals surface area contributed by atoms with Gasteiger partial charge < -0.3 is 20.1 Å². The van der Waals surface area contributed by atoms with Crippen molar-refractivity contribution >= 4 is 23.9 Å². The minimum Gasteiger partial charge on any atom is -0.443 e. The quantitative estimate of drug-likeness (QED) is 0.630. The molecule has 1 aromatic heterocycles. The molecule has 0 aliphatic rings. The van der Waals surface area contributed by atoms with Crippen molar-refractivity contribution in [2.75, 3.05) is 6.26 Å². The van der Waals surface area contributed by atoms with Crippen LogP contribution in [0.1, 0.15) is 39.1 Å². The first kappa shape index (κ1) is 22.6. The zero-order chi connectivity index (χ0) is 21.4. The third-order valence-corrected chi connectivity index (χ3v) is 4.35. The Labute approximate surface area is 175 Å². The van der Waals surface area contributed by atoms with E-state index in [9.17, 15) is 9.59 Å². The van der Waals surface area contributed by atoms with Crippen LogP contribution in [0.25, 0.3) is 5.69 Å². The number of ether oxygens (including phenoxy) is 2. The molecule has 0 aliphatic heterocycles. The maximum absolute atomic E-state index is 12.0. The lowest BCUT2D eigenvalue weighted by molar-refractivity contribution is 0.127. The summed E-state index contributed by atoms with van der Waals surface area (Å²) < 4.78 is 12.6. The SMILES string of the molecule is CSc1nc(COC(=O)NC(C)C)c(COC(=O)NC(C)C)n1-c1ccccc1. The molecule has 1 heterocycles. The van der Waals surface area contributed by atoms with E-state index < -0.39 is 12.2 Å². The standard InChI is InChI=1S/C20H28N4O4S/c1-13(2)21-19(25)27-11-16-17(12-28-20(26)22-14(3)4)24(18(23-16)29-5)15-9-7-6-8-10-15/h6-10,13-14H,11-12H2,1-5H3,(H,21,25)(H,22,26). The van der Waals surface area contributed by atoms with Crippen LogP contribution in [-0.2, 0) is 22.7 Å². The summed E-state index contributed by atoms with van der Waals surface area (Å²) in [6, 6.07) is 9.57. The summed E-state index contributed by atoms with van der Waals surface area (Å²) in [7, 11) is 0. The van der Waals surface area contributed by atoms with Gasteiger partial charge in [0.15, 0.2) is 5.16 Å². The van der Waals surface area contributed by atoms with Crippen molar-refractivity contribution in [2.45, 2.75) is 58.1 Å². The second-order valence-electron chi connectivity index (χ2n) is 6.91. The molecule has 29 heavy (non-hydrogen) atoms. The Bertz CT molecular complexity index is 821. The molecule has 158 valence electrons. The minimum absolute atomic E-state index is 0.00843. The summed E-state index contributed by atoms with van der Waals surface area (Å²) in [5.74, 6) is 0. The van der Waals surface area contributed by atoms with E-state index in [0.29, 0.717) is 16.5 Å². The topological polar surface area (TPSA) is 94.5 Å². The number of hydrogen-bond donors (Lipinski definition) is 2. The maximum atomic E-state index is 12.0. The molecule has 9 heteroatoms. The minimum atomic E-state index is -0.524. The monoisotopic (exact) mass is 420 g/mol. The molecule has 2 rings (SSSR count). The highest BCUT2D eigenvalue weighted by atomic mass is 32.2. The number of imidazole rings is 1. The molecule has 2 N–H and O–H groups in total. The van der Waals surface area contributed by atoms with Crippen LogP contribution in [0, 0.1) is 0 Å². The molecule has 0 saturated heterocycles. The third-order valence-electron chi connectivity index (χ3n) is 3.71. The van der Waals surface area contributed by atoms with Crippen LogP contribution >= 0.6 is 11.8 Å². The van der Waals surface area contributed by atoms with E-state index in [0.717, 1.165) is 5.69 Å². The zero-order valence-corrected chi connectivity index (χ0v) is 18.2. The number of nitrogens with zero attached hydrogens (tertiary/aromatic N) is 2. The van der Waals surface area contributed by atoms with Gasteiger partial charge in [-0.1, -0.05) is 30.0 Å². The van der Waals surface area contributed by atoms with Gasteiger partial charge >= 0.3 is 12.2 Å². The molecule has 0 radical (unpaired) electrons. The molecule has 8 nitrogen and oxygen atoms in total. The van der Waals surface area contributed by atoms with Crippen LogP contribution < -0.4 is 10.6 Å². The number of alkyl carbamates (subject to hydrolysis) is 2. The zero-order valence-electron chi connectivity index (χ0n) is 17.4. The van der Waals surface area contributed by atoms with Crippen molar-refractivity contribution < 1.29 is 19.1 Å². The van der Waals surface area contributed by atoms with Crippen LogP contribution in [-0.4, -0.2) is 40.1 Å². The average Bonchev–Trinajstić information content (AvgIpc) is 3.02. The Balaban J connectivity index is 2.32. The van der Waals surface area contributed by atoms with Gasteiger partial charge in [-0.2, -0.15) is 0 Å². The summed E-state index contributed by atoms with van der Waals surface area (Å²) in [4.78, 5) is 28.5. The molecule has 0 saturated carbocycles. The molecule has 0 bridgehead atoms. The summed E-state index contributed by atoms with van der Waals surface area (Å²) in [6.07, 6.45) is 0.869. The Morgan fingerprint density at radius 2 is 1.55 bits per heavy atom. The highest BCUT2D eigenvalue weighted by Crippen LogP contribution is 2.26. The lowest BCUT2D eigenvalue weighted by Crippen LogP contribution is -2.31. The van der Waals surface area contributed by atoms with E-state index in [1.807, 2.05) is 68.8 Å². The summed E-state index contributed by atoms with van der Waals surface area (Å²) >= 11 is 1.45. The van der Waals surface area contributed by atoms with E-state index in [1.165, 1.54) is 11.8 Å². The molecule has 2 aromatic rings. The fourth-order valence-corrected chi connectivity index (χ4v) is 3.14. The van der Waals surface area contributed by atoms with E-state index >= 15 is 0 Å². The van der Waals surface area contributed by atoms with Gasteiger partial charge in [-0.15, -0.1) is 0 Å². The van der Waals surface area contributed by atoms with Gasteiger partial charge in [0.05, 0.1) is 5.69 Å². The van der Waals surface area contributed by atoms with Gasteiger partial charge in [0.1, 0.15) is 18.9 Å². The molecule has 2 amide bonds. The van der Waals surface area contributed by atoms with E-state index in [1.54, 1.807) is 0 Å². The third kappa shape index (κ3) is 6.70. The lowest BCUT2D eigenvalue weighted by atomic mass is 10.3. The van der Waals surface area contributed by atoms with Crippen molar-refractivity contribution in [3.05, 3.63) is 41.7 Å². The number of amides is 2. The first-order valence-electron chi connectivity index (χ1n) is 9.38. The van der Waals surface area contributed by atoms with Crippen LogP contribution in [0.5, 0.6) is 0 Å². The predicted molar refractivity (Wildman–Crippen MR) is 112 cm³/mol. The van der Waals surface area contributed by atoms with Crippen LogP contribution in [0.2, 0.25) is 0 Å². The Morgan fingerprint density at radius 1 is 1.00 bits per heavy atom. The molecule has 1 aromatic carbocycles. The van der Waals surface area contributed by atoms with Gasteiger partial charge in [0.2, 0.25) is 0 Å². The molecule has 0 unspecified atom stereocenters. The van der Waals surface area contributed by atoms with Gasteiger partial charge in [-0.05, 0) is 46.1 Å². The maximum Gasteiger partial charge on any atom is 0.407 e. The average molecular weight is 421 g/mol. The fourth-order valence-electron chi connectivity index (χ4n) is 2.54.